The lowest BCUT2D eigenvalue weighted by atomic mass is 10.1. The minimum Gasteiger partial charge on any atom is -0.454 e. The summed E-state index contributed by atoms with van der Waals surface area (Å²) in [5, 5.41) is 5.38. The number of imide groups is 1. The van der Waals surface area contributed by atoms with Gasteiger partial charge in [-0.15, -0.1) is 11.8 Å². The SMILES string of the molecule is O=C(C[C@@H]1NC(=O)N(Cc2ccc3c(c2)OCO3)C1=O)NCCSc1ccccc1. The third kappa shape index (κ3) is 4.68. The van der Waals surface area contributed by atoms with E-state index in [2.05, 4.69) is 10.6 Å². The number of urea groups is 1. The molecular formula is C21H21N3O5S. The van der Waals surface area contributed by atoms with Gasteiger partial charge in [-0.25, -0.2) is 4.79 Å². The summed E-state index contributed by atoms with van der Waals surface area (Å²) < 4.78 is 10.6. The van der Waals surface area contributed by atoms with Crippen LogP contribution in [-0.4, -0.2) is 47.9 Å². The first-order chi connectivity index (χ1) is 14.6. The van der Waals surface area contributed by atoms with Crippen LogP contribution in [0.5, 0.6) is 11.5 Å². The quantitative estimate of drug-likeness (QED) is 0.381. The summed E-state index contributed by atoms with van der Waals surface area (Å²) in [4.78, 5) is 39.3. The summed E-state index contributed by atoms with van der Waals surface area (Å²) in [6, 6.07) is 13.8. The first-order valence-corrected chi connectivity index (χ1v) is 10.5. The van der Waals surface area contributed by atoms with E-state index in [0.29, 0.717) is 18.0 Å². The molecule has 0 radical (unpaired) electrons. The zero-order valence-electron chi connectivity index (χ0n) is 16.1. The molecule has 156 valence electrons. The minimum atomic E-state index is -0.853. The van der Waals surface area contributed by atoms with Crippen LogP contribution in [0.15, 0.2) is 53.4 Å². The normalized spacial score (nSPS) is 17.2. The maximum absolute atomic E-state index is 12.6. The van der Waals surface area contributed by atoms with Crippen molar-refractivity contribution in [3.8, 4) is 11.5 Å². The Morgan fingerprint density at radius 2 is 1.93 bits per heavy atom. The largest absolute Gasteiger partial charge is 0.454 e. The molecule has 0 bridgehead atoms. The molecule has 1 atom stereocenters. The van der Waals surface area contributed by atoms with Gasteiger partial charge in [0.25, 0.3) is 5.91 Å². The van der Waals surface area contributed by atoms with Gasteiger partial charge >= 0.3 is 6.03 Å². The molecule has 2 aromatic carbocycles. The number of hydrogen-bond donors (Lipinski definition) is 2. The first-order valence-electron chi connectivity index (χ1n) is 9.55. The van der Waals surface area contributed by atoms with Crippen molar-refractivity contribution < 1.29 is 23.9 Å². The second-order valence-corrected chi connectivity index (χ2v) is 8.00. The maximum atomic E-state index is 12.6. The van der Waals surface area contributed by atoms with E-state index in [4.69, 9.17) is 9.47 Å². The molecule has 0 saturated carbocycles. The predicted molar refractivity (Wildman–Crippen MR) is 110 cm³/mol. The fraction of sp³-hybridized carbons (Fsp3) is 0.286. The third-order valence-electron chi connectivity index (χ3n) is 4.71. The van der Waals surface area contributed by atoms with Crippen LogP contribution in [0.25, 0.3) is 0 Å². The number of carbonyl (C=O) groups excluding carboxylic acids is 3. The molecule has 4 rings (SSSR count). The Kier molecular flexibility index (Phi) is 6.08. The number of benzene rings is 2. The Labute approximate surface area is 177 Å². The number of ether oxygens (including phenoxy) is 2. The van der Waals surface area contributed by atoms with Gasteiger partial charge in [0.15, 0.2) is 11.5 Å². The van der Waals surface area contributed by atoms with Gasteiger partial charge in [0.2, 0.25) is 12.7 Å². The number of carbonyl (C=O) groups is 3. The summed E-state index contributed by atoms with van der Waals surface area (Å²) in [7, 11) is 0. The Bertz CT molecular complexity index is 953. The summed E-state index contributed by atoms with van der Waals surface area (Å²) in [5.41, 5.74) is 0.741. The van der Waals surface area contributed by atoms with E-state index in [-0.39, 0.29) is 25.7 Å². The van der Waals surface area contributed by atoms with Crippen LogP contribution < -0.4 is 20.1 Å². The van der Waals surface area contributed by atoms with Gasteiger partial charge in [0.1, 0.15) is 6.04 Å². The van der Waals surface area contributed by atoms with E-state index in [1.807, 2.05) is 30.3 Å². The number of nitrogens with one attached hydrogen (secondary N) is 2. The van der Waals surface area contributed by atoms with E-state index in [1.165, 1.54) is 0 Å². The number of nitrogens with zero attached hydrogens (tertiary/aromatic N) is 1. The zero-order chi connectivity index (χ0) is 20.9. The second-order valence-electron chi connectivity index (χ2n) is 6.83. The van der Waals surface area contributed by atoms with Crippen LogP contribution in [0.1, 0.15) is 12.0 Å². The molecule has 2 aliphatic rings. The molecule has 2 heterocycles. The van der Waals surface area contributed by atoms with Crippen LogP contribution >= 0.6 is 11.8 Å². The molecule has 9 heteroatoms. The van der Waals surface area contributed by atoms with Crippen molar-refractivity contribution in [1.29, 1.82) is 0 Å². The first kappa shape index (κ1) is 20.1. The van der Waals surface area contributed by atoms with Crippen LogP contribution in [0.2, 0.25) is 0 Å². The van der Waals surface area contributed by atoms with Gasteiger partial charge in [-0.3, -0.25) is 14.5 Å². The highest BCUT2D eigenvalue weighted by Gasteiger charge is 2.39. The molecule has 30 heavy (non-hydrogen) atoms. The van der Waals surface area contributed by atoms with E-state index < -0.39 is 18.0 Å². The number of rotatable bonds is 8. The van der Waals surface area contributed by atoms with Gasteiger partial charge in [-0.05, 0) is 29.8 Å². The van der Waals surface area contributed by atoms with Gasteiger partial charge in [-0.1, -0.05) is 24.3 Å². The lowest BCUT2D eigenvalue weighted by molar-refractivity contribution is -0.131. The molecule has 4 amide bonds. The third-order valence-corrected chi connectivity index (χ3v) is 5.72. The molecule has 2 aliphatic heterocycles. The fourth-order valence-electron chi connectivity index (χ4n) is 3.22. The summed E-state index contributed by atoms with van der Waals surface area (Å²) >= 11 is 1.64. The lowest BCUT2D eigenvalue weighted by Gasteiger charge is -2.13. The molecule has 2 N–H and O–H groups in total. The number of fused-ring (bicyclic) bond motifs is 1. The number of hydrogen-bond acceptors (Lipinski definition) is 6. The number of amides is 4. The second kappa shape index (κ2) is 9.08. The minimum absolute atomic E-state index is 0.0851. The Morgan fingerprint density at radius 1 is 1.13 bits per heavy atom. The summed E-state index contributed by atoms with van der Waals surface area (Å²) in [6.07, 6.45) is -0.0851. The van der Waals surface area contributed by atoms with E-state index in [0.717, 1.165) is 21.1 Å². The average molecular weight is 427 g/mol. The molecule has 1 saturated heterocycles. The highest BCUT2D eigenvalue weighted by atomic mass is 32.2. The lowest BCUT2D eigenvalue weighted by Crippen LogP contribution is -2.37. The fourth-order valence-corrected chi connectivity index (χ4v) is 4.01. The van der Waals surface area contributed by atoms with Crippen molar-refractivity contribution in [3.63, 3.8) is 0 Å². The molecule has 0 unspecified atom stereocenters. The smallest absolute Gasteiger partial charge is 0.325 e. The monoisotopic (exact) mass is 427 g/mol. The van der Waals surface area contributed by atoms with Gasteiger partial charge in [0.05, 0.1) is 13.0 Å². The molecular weight excluding hydrogens is 406 g/mol. The standard InChI is InChI=1S/C21H21N3O5S/c25-19(22-8-9-30-15-4-2-1-3-5-15)11-16-20(26)24(21(27)23-16)12-14-6-7-17-18(10-14)29-13-28-17/h1-7,10,16H,8-9,11-13H2,(H,22,25)(H,23,27)/t16-/m0/s1. The Balaban J connectivity index is 1.24. The molecule has 0 aromatic heterocycles. The molecule has 0 spiro atoms. The average Bonchev–Trinajstić information content (AvgIpc) is 3.32. The van der Waals surface area contributed by atoms with Crippen molar-refractivity contribution in [2.75, 3.05) is 19.1 Å². The molecule has 2 aromatic rings. The zero-order valence-corrected chi connectivity index (χ0v) is 16.9. The van der Waals surface area contributed by atoms with Crippen molar-refractivity contribution >= 4 is 29.6 Å². The van der Waals surface area contributed by atoms with Crippen molar-refractivity contribution in [3.05, 3.63) is 54.1 Å². The van der Waals surface area contributed by atoms with Crippen LogP contribution in [-0.2, 0) is 16.1 Å². The van der Waals surface area contributed by atoms with Crippen molar-refractivity contribution in [2.24, 2.45) is 0 Å². The highest BCUT2D eigenvalue weighted by Crippen LogP contribution is 2.33. The van der Waals surface area contributed by atoms with E-state index >= 15 is 0 Å². The van der Waals surface area contributed by atoms with E-state index in [1.54, 1.807) is 30.0 Å². The highest BCUT2D eigenvalue weighted by molar-refractivity contribution is 7.99. The molecule has 8 nitrogen and oxygen atoms in total. The van der Waals surface area contributed by atoms with Gasteiger partial charge in [-0.2, -0.15) is 0 Å². The van der Waals surface area contributed by atoms with Crippen molar-refractivity contribution in [1.82, 2.24) is 15.5 Å². The summed E-state index contributed by atoms with van der Waals surface area (Å²) in [6.45, 7) is 0.740. The number of thioether (sulfide) groups is 1. The Morgan fingerprint density at radius 3 is 2.77 bits per heavy atom. The predicted octanol–water partition coefficient (Wildman–Crippen LogP) is 2.13. The molecule has 1 fully saturated rings. The van der Waals surface area contributed by atoms with Crippen LogP contribution in [0.4, 0.5) is 4.79 Å². The van der Waals surface area contributed by atoms with Crippen LogP contribution in [0.3, 0.4) is 0 Å². The van der Waals surface area contributed by atoms with Crippen molar-refractivity contribution in [2.45, 2.75) is 23.9 Å². The molecule has 0 aliphatic carbocycles. The van der Waals surface area contributed by atoms with Crippen LogP contribution in [0, 0.1) is 0 Å². The van der Waals surface area contributed by atoms with Gasteiger partial charge < -0.3 is 20.1 Å². The Hall–Kier alpha value is -3.20. The van der Waals surface area contributed by atoms with E-state index in [9.17, 15) is 14.4 Å². The van der Waals surface area contributed by atoms with Gasteiger partial charge in [0, 0.05) is 17.2 Å². The maximum Gasteiger partial charge on any atom is 0.325 e. The topological polar surface area (TPSA) is 97.0 Å². The summed E-state index contributed by atoms with van der Waals surface area (Å²) in [5.74, 6) is 1.26.